The predicted molar refractivity (Wildman–Crippen MR) is 44.3 cm³/mol. The van der Waals surface area contributed by atoms with Gasteiger partial charge in [0, 0.05) is 0 Å². The Hall–Kier alpha value is 3.05. The summed E-state index contributed by atoms with van der Waals surface area (Å²) >= 11 is 0. The predicted octanol–water partition coefficient (Wildman–Crippen LogP) is -7.78. The van der Waals surface area contributed by atoms with Crippen LogP contribution in [-0.2, 0) is 20.2 Å². The van der Waals surface area contributed by atoms with Gasteiger partial charge in [-0.25, -0.2) is 16.8 Å². The SMILES string of the molecule is CCC(O)C(CS(=O)(=O)[O-])S(=O)(=O)[O-].[K+].[K+]. The molecule has 0 aromatic carbocycles. The first-order chi connectivity index (χ1) is 6.08. The van der Waals surface area contributed by atoms with Crippen molar-refractivity contribution in [3.8, 4) is 0 Å². The van der Waals surface area contributed by atoms with Gasteiger partial charge in [-0.05, 0) is 6.42 Å². The van der Waals surface area contributed by atoms with Gasteiger partial charge in [0.15, 0.2) is 0 Å². The Morgan fingerprint density at radius 1 is 1.12 bits per heavy atom. The summed E-state index contributed by atoms with van der Waals surface area (Å²) in [7, 11) is -9.84. The van der Waals surface area contributed by atoms with Crippen LogP contribution in [0.3, 0.4) is 0 Å². The average Bonchev–Trinajstić information content (AvgIpc) is 1.95. The van der Waals surface area contributed by atoms with Crippen molar-refractivity contribution in [2.75, 3.05) is 5.75 Å². The summed E-state index contributed by atoms with van der Waals surface area (Å²) in [5.74, 6) is -1.40. The van der Waals surface area contributed by atoms with E-state index in [4.69, 9.17) is 5.11 Å². The van der Waals surface area contributed by atoms with Crippen LogP contribution >= 0.6 is 0 Å². The van der Waals surface area contributed by atoms with E-state index in [-0.39, 0.29) is 109 Å². The molecule has 0 heterocycles. The van der Waals surface area contributed by atoms with E-state index < -0.39 is 37.3 Å². The molecule has 0 aromatic rings. The van der Waals surface area contributed by atoms with E-state index >= 15 is 0 Å². The third-order valence-electron chi connectivity index (χ3n) is 1.59. The molecule has 16 heavy (non-hydrogen) atoms. The number of aliphatic hydroxyl groups excluding tert-OH is 1. The molecule has 0 aliphatic rings. The molecule has 2 unspecified atom stereocenters. The maximum atomic E-state index is 10.5. The molecular formula is C5H10K2O7S2. The first kappa shape index (κ1) is 24.1. The van der Waals surface area contributed by atoms with Gasteiger partial charge in [-0.2, -0.15) is 0 Å². The third-order valence-corrected chi connectivity index (χ3v) is 3.79. The van der Waals surface area contributed by atoms with Gasteiger partial charge >= 0.3 is 103 Å². The van der Waals surface area contributed by atoms with Crippen molar-refractivity contribution in [1.82, 2.24) is 0 Å². The van der Waals surface area contributed by atoms with Gasteiger partial charge in [0.05, 0.1) is 27.2 Å². The molecule has 7 nitrogen and oxygen atoms in total. The monoisotopic (exact) mass is 324 g/mol. The second-order valence-electron chi connectivity index (χ2n) is 2.73. The van der Waals surface area contributed by atoms with Crippen LogP contribution in [-0.4, -0.2) is 48.2 Å². The van der Waals surface area contributed by atoms with Crippen LogP contribution in [0.15, 0.2) is 0 Å². The van der Waals surface area contributed by atoms with Crippen molar-refractivity contribution in [3.05, 3.63) is 0 Å². The van der Waals surface area contributed by atoms with Crippen molar-refractivity contribution >= 4 is 20.2 Å². The Labute approximate surface area is 180 Å². The standard InChI is InChI=1S/C5H12O7S2.2K/c1-2-4(6)5(14(10,11)12)3-13(7,8)9;;/h4-6H,2-3H2,1H3,(H,7,8,9)(H,10,11,12);;/q;2*+1/p-2. The molecule has 0 aliphatic heterocycles. The van der Waals surface area contributed by atoms with E-state index in [1.54, 1.807) is 0 Å². The molecule has 0 amide bonds. The maximum absolute atomic E-state index is 10.5. The zero-order valence-electron chi connectivity index (χ0n) is 9.28. The minimum atomic E-state index is -4.99. The Morgan fingerprint density at radius 3 is 1.69 bits per heavy atom. The summed E-state index contributed by atoms with van der Waals surface area (Å²) in [5.41, 5.74) is 0. The van der Waals surface area contributed by atoms with Crippen LogP contribution in [0.5, 0.6) is 0 Å². The topological polar surface area (TPSA) is 135 Å². The molecule has 1 N–H and O–H groups in total. The van der Waals surface area contributed by atoms with Crippen LogP contribution in [0, 0.1) is 0 Å². The molecule has 11 heteroatoms. The first-order valence-electron chi connectivity index (χ1n) is 3.64. The van der Waals surface area contributed by atoms with Gasteiger partial charge in [-0.3, -0.25) is 0 Å². The van der Waals surface area contributed by atoms with Crippen LogP contribution in [0.2, 0.25) is 0 Å². The Kier molecular flexibility index (Phi) is 14.9. The van der Waals surface area contributed by atoms with Crippen molar-refractivity contribution < 1.29 is 134 Å². The fourth-order valence-electron chi connectivity index (χ4n) is 0.851. The van der Waals surface area contributed by atoms with Gasteiger partial charge in [0.1, 0.15) is 10.1 Å². The fourth-order valence-corrected chi connectivity index (χ4v) is 3.22. The summed E-state index contributed by atoms with van der Waals surface area (Å²) in [6, 6.07) is 0. The van der Waals surface area contributed by atoms with Crippen molar-refractivity contribution in [2.24, 2.45) is 0 Å². The molecule has 2 atom stereocenters. The van der Waals surface area contributed by atoms with Gasteiger partial charge in [-0.1, -0.05) is 6.92 Å². The molecule has 0 saturated heterocycles. The van der Waals surface area contributed by atoms with E-state index in [0.717, 1.165) is 0 Å². The number of hydrogen-bond donors (Lipinski definition) is 1. The van der Waals surface area contributed by atoms with Crippen molar-refractivity contribution in [2.45, 2.75) is 24.7 Å². The maximum Gasteiger partial charge on any atom is 1.00 e. The second kappa shape index (κ2) is 9.88. The van der Waals surface area contributed by atoms with E-state index in [9.17, 15) is 25.9 Å². The van der Waals surface area contributed by atoms with Gasteiger partial charge in [0.25, 0.3) is 0 Å². The summed E-state index contributed by atoms with van der Waals surface area (Å²) in [6.45, 7) is 1.36. The molecule has 0 rings (SSSR count). The molecule has 0 bridgehead atoms. The summed E-state index contributed by atoms with van der Waals surface area (Å²) < 4.78 is 62.2. The smallest absolute Gasteiger partial charge is 0.748 e. The van der Waals surface area contributed by atoms with E-state index in [1.165, 1.54) is 6.92 Å². The van der Waals surface area contributed by atoms with Gasteiger partial charge in [-0.15, -0.1) is 0 Å². The molecular weight excluding hydrogens is 314 g/mol. The molecule has 0 aliphatic carbocycles. The molecule has 0 aromatic heterocycles. The zero-order chi connectivity index (χ0) is 11.6. The number of hydrogen-bond acceptors (Lipinski definition) is 7. The Morgan fingerprint density at radius 2 is 1.50 bits per heavy atom. The largest absolute Gasteiger partial charge is 1.00 e. The van der Waals surface area contributed by atoms with Crippen LogP contribution in [0.4, 0.5) is 0 Å². The molecule has 0 fully saturated rings. The second-order valence-corrected chi connectivity index (χ2v) is 5.77. The minimum Gasteiger partial charge on any atom is -0.748 e. The molecule has 0 spiro atoms. The zero-order valence-corrected chi connectivity index (χ0v) is 17.2. The van der Waals surface area contributed by atoms with E-state index in [2.05, 4.69) is 0 Å². The van der Waals surface area contributed by atoms with Crippen LogP contribution in [0.25, 0.3) is 0 Å². The normalized spacial score (nSPS) is 15.5. The van der Waals surface area contributed by atoms with Crippen molar-refractivity contribution in [1.29, 1.82) is 0 Å². The van der Waals surface area contributed by atoms with Gasteiger partial charge in [0.2, 0.25) is 0 Å². The third kappa shape index (κ3) is 10.9. The quantitative estimate of drug-likeness (QED) is 0.392. The Balaban J connectivity index is -0.000000845. The summed E-state index contributed by atoms with van der Waals surface area (Å²) in [5, 5.41) is 6.95. The Bertz CT molecular complexity index is 376. The fraction of sp³-hybridized carbons (Fsp3) is 1.00. The van der Waals surface area contributed by atoms with Crippen LogP contribution in [0.1, 0.15) is 13.3 Å². The van der Waals surface area contributed by atoms with E-state index in [0.29, 0.717) is 0 Å². The number of aliphatic hydroxyl groups is 1. The van der Waals surface area contributed by atoms with Gasteiger partial charge < -0.3 is 14.2 Å². The minimum absolute atomic E-state index is 0. The van der Waals surface area contributed by atoms with Crippen molar-refractivity contribution in [3.63, 3.8) is 0 Å². The first-order valence-corrected chi connectivity index (χ1v) is 6.69. The summed E-state index contributed by atoms with van der Waals surface area (Å²) in [4.78, 5) is 0. The molecule has 0 saturated carbocycles. The molecule has 0 radical (unpaired) electrons. The van der Waals surface area contributed by atoms with Crippen LogP contribution < -0.4 is 103 Å². The number of rotatable bonds is 5. The average molecular weight is 324 g/mol. The van der Waals surface area contributed by atoms with E-state index in [1.807, 2.05) is 0 Å². The summed E-state index contributed by atoms with van der Waals surface area (Å²) in [6.07, 6.45) is -1.76. The molecule has 86 valence electrons.